The van der Waals surface area contributed by atoms with Gasteiger partial charge in [-0.3, -0.25) is 19.6 Å². The fourth-order valence-corrected chi connectivity index (χ4v) is 21.9. The van der Waals surface area contributed by atoms with Gasteiger partial charge in [0, 0.05) is 97.7 Å². The van der Waals surface area contributed by atoms with Crippen LogP contribution < -0.4 is 21.3 Å². The number of nitrogens with one attached hydrogen (secondary N) is 4. The molecule has 0 aromatic carbocycles. The second-order valence-electron chi connectivity index (χ2n) is 27.9. The van der Waals surface area contributed by atoms with Crippen molar-refractivity contribution in [1.29, 1.82) is 0 Å². The van der Waals surface area contributed by atoms with Crippen LogP contribution in [0.15, 0.2) is 0 Å². The average Bonchev–Trinajstić information content (AvgIpc) is 3.95. The standard InChI is InChI=1S/C62H108N8/c1-5-13-45(14-6-1)67(46-15-7-2-8-16-46)51-29-31-57-53(39-51)55-41-63-35-33-59(55)69(57)49-25-21-43(22-26-49)61-62(66-38-37-65-61)44-23-27-50(28-24-44)70-58-32-30-52(40-54(58)56-42-64-36-34-60(56)70)68(47-17-9-3-10-18-47)48-19-11-4-12-20-48/h43-66H,1-42H2. The lowest BCUT2D eigenvalue weighted by atomic mass is 9.71. The Morgan fingerprint density at radius 2 is 0.629 bits per heavy atom. The van der Waals surface area contributed by atoms with Crippen LogP contribution in [0.4, 0.5) is 0 Å². The summed E-state index contributed by atoms with van der Waals surface area (Å²) in [5.41, 5.74) is 0. The van der Waals surface area contributed by atoms with Gasteiger partial charge in [-0.2, -0.15) is 0 Å². The first-order chi connectivity index (χ1) is 34.7. The molecule has 5 saturated heterocycles. The molecule has 0 aromatic heterocycles. The Bertz CT molecular complexity index is 1470. The Morgan fingerprint density at radius 3 is 0.986 bits per heavy atom. The summed E-state index contributed by atoms with van der Waals surface area (Å²) in [6.07, 6.45) is 53.4. The molecule has 0 spiro atoms. The van der Waals surface area contributed by atoms with Crippen molar-refractivity contribution in [1.82, 2.24) is 40.9 Å². The van der Waals surface area contributed by atoms with Crippen molar-refractivity contribution in [2.45, 2.75) is 316 Å². The normalized spacial score (nSPS) is 45.9. The minimum Gasteiger partial charge on any atom is -0.316 e. The smallest absolute Gasteiger partial charge is 0.0252 e. The number of rotatable bonds is 10. The Hall–Kier alpha value is -0.320. The number of hydrogen-bond acceptors (Lipinski definition) is 8. The number of hydrogen-bond donors (Lipinski definition) is 4. The molecule has 0 aromatic rings. The molecule has 0 amide bonds. The molecule has 396 valence electrons. The van der Waals surface area contributed by atoms with Crippen molar-refractivity contribution in [3.05, 3.63) is 0 Å². The number of piperazine rings is 1. The third-order valence-corrected chi connectivity index (χ3v) is 24.7. The summed E-state index contributed by atoms with van der Waals surface area (Å²) in [6, 6.07) is 11.8. The largest absolute Gasteiger partial charge is 0.316 e. The van der Waals surface area contributed by atoms with Gasteiger partial charge in [0.25, 0.3) is 0 Å². The predicted molar refractivity (Wildman–Crippen MR) is 289 cm³/mol. The summed E-state index contributed by atoms with van der Waals surface area (Å²) in [5.74, 6) is 5.36. The van der Waals surface area contributed by atoms with Crippen molar-refractivity contribution < 1.29 is 0 Å². The van der Waals surface area contributed by atoms with Crippen LogP contribution in [-0.2, 0) is 0 Å². The lowest BCUT2D eigenvalue weighted by molar-refractivity contribution is -0.00968. The van der Waals surface area contributed by atoms with Gasteiger partial charge in [0.2, 0.25) is 0 Å². The van der Waals surface area contributed by atoms with E-state index < -0.39 is 0 Å². The molecule has 13 rings (SSSR count). The number of piperidine rings is 2. The van der Waals surface area contributed by atoms with E-state index in [1.807, 2.05) is 0 Å². The third kappa shape index (κ3) is 9.86. The molecule has 70 heavy (non-hydrogen) atoms. The van der Waals surface area contributed by atoms with Gasteiger partial charge < -0.3 is 21.3 Å². The molecule has 8 saturated carbocycles. The van der Waals surface area contributed by atoms with E-state index >= 15 is 0 Å². The maximum atomic E-state index is 4.27. The second kappa shape index (κ2) is 22.7. The molecule has 8 aliphatic carbocycles. The highest BCUT2D eigenvalue weighted by Gasteiger charge is 2.57. The molecule has 13 aliphatic rings. The van der Waals surface area contributed by atoms with Crippen LogP contribution in [0.3, 0.4) is 0 Å². The van der Waals surface area contributed by atoms with Gasteiger partial charge in [-0.1, -0.05) is 77.0 Å². The first-order valence-corrected chi connectivity index (χ1v) is 32.7. The van der Waals surface area contributed by atoms with Crippen molar-refractivity contribution >= 4 is 0 Å². The van der Waals surface area contributed by atoms with E-state index in [0.29, 0.717) is 12.1 Å². The minimum atomic E-state index is 0.687. The van der Waals surface area contributed by atoms with Gasteiger partial charge in [-0.05, 0) is 216 Å². The van der Waals surface area contributed by atoms with Crippen molar-refractivity contribution in [2.75, 3.05) is 39.3 Å². The monoisotopic (exact) mass is 965 g/mol. The summed E-state index contributed by atoms with van der Waals surface area (Å²) in [7, 11) is 0. The zero-order valence-corrected chi connectivity index (χ0v) is 45.0. The van der Waals surface area contributed by atoms with E-state index in [2.05, 4.69) is 40.9 Å². The fraction of sp³-hybridized carbons (Fsp3) is 1.00. The zero-order chi connectivity index (χ0) is 46.4. The predicted octanol–water partition coefficient (Wildman–Crippen LogP) is 10.6. The molecule has 13 fully saturated rings. The van der Waals surface area contributed by atoms with E-state index in [0.717, 1.165) is 108 Å². The van der Waals surface area contributed by atoms with Gasteiger partial charge in [-0.15, -0.1) is 0 Å². The maximum Gasteiger partial charge on any atom is 0.0252 e. The van der Waals surface area contributed by atoms with Crippen LogP contribution in [0, 0.1) is 35.5 Å². The number of likely N-dealkylation sites (tertiary alicyclic amines) is 2. The summed E-state index contributed by atoms with van der Waals surface area (Å²) >= 11 is 0. The highest BCUT2D eigenvalue weighted by Crippen LogP contribution is 2.53. The topological polar surface area (TPSA) is 61.1 Å². The lowest BCUT2D eigenvalue weighted by Gasteiger charge is -2.51. The van der Waals surface area contributed by atoms with Crippen molar-refractivity contribution in [3.63, 3.8) is 0 Å². The van der Waals surface area contributed by atoms with Gasteiger partial charge in [0.15, 0.2) is 0 Å². The summed E-state index contributed by atoms with van der Waals surface area (Å²) in [6.45, 7) is 7.47. The minimum absolute atomic E-state index is 0.687. The Labute approximate surface area is 429 Å². The SMILES string of the molecule is C1CCC(N(C2CCCCC2)C2CCC3C(C2)C2CNCCC2N3C2CCC(C3NCCNC3C3CCC(N4C5CCNCC5C5CC(N(C6CCCCC6)C6CCCCC6)CCC54)CC3)CC2)CC1. The van der Waals surface area contributed by atoms with Crippen molar-refractivity contribution in [2.24, 2.45) is 35.5 Å². The van der Waals surface area contributed by atoms with Gasteiger partial charge in [0.1, 0.15) is 0 Å². The molecule has 5 aliphatic heterocycles. The van der Waals surface area contributed by atoms with E-state index in [9.17, 15) is 0 Å². The maximum absolute atomic E-state index is 4.27. The fourth-order valence-electron chi connectivity index (χ4n) is 21.9. The Balaban J connectivity index is 0.639. The van der Waals surface area contributed by atoms with Crippen LogP contribution in [0.2, 0.25) is 0 Å². The quantitative estimate of drug-likeness (QED) is 0.173. The Morgan fingerprint density at radius 1 is 0.286 bits per heavy atom. The van der Waals surface area contributed by atoms with Crippen LogP contribution in [-0.4, -0.2) is 143 Å². The summed E-state index contributed by atoms with van der Waals surface area (Å²) < 4.78 is 0. The van der Waals surface area contributed by atoms with Crippen LogP contribution >= 0.6 is 0 Å². The third-order valence-electron chi connectivity index (χ3n) is 24.7. The lowest BCUT2D eigenvalue weighted by Crippen LogP contribution is -2.63. The van der Waals surface area contributed by atoms with Gasteiger partial charge in [-0.25, -0.2) is 0 Å². The zero-order valence-electron chi connectivity index (χ0n) is 45.0. The van der Waals surface area contributed by atoms with E-state index in [4.69, 9.17) is 0 Å². The molecule has 12 unspecified atom stereocenters. The molecular weight excluding hydrogens is 857 g/mol. The highest BCUT2D eigenvalue weighted by molar-refractivity contribution is 5.12. The first-order valence-electron chi connectivity index (χ1n) is 32.7. The summed E-state index contributed by atoms with van der Waals surface area (Å²) in [4.78, 5) is 13.1. The molecule has 4 N–H and O–H groups in total. The second-order valence-corrected chi connectivity index (χ2v) is 27.9. The molecule has 5 heterocycles. The molecule has 8 nitrogen and oxygen atoms in total. The Kier molecular flexibility index (Phi) is 16.0. The first kappa shape index (κ1) is 49.3. The number of nitrogens with zero attached hydrogens (tertiary/aromatic N) is 4. The molecule has 12 atom stereocenters. The van der Waals surface area contributed by atoms with Gasteiger partial charge >= 0.3 is 0 Å². The average molecular weight is 966 g/mol. The molecular formula is C62H108N8. The van der Waals surface area contributed by atoms with Crippen LogP contribution in [0.5, 0.6) is 0 Å². The molecule has 0 radical (unpaired) electrons. The van der Waals surface area contributed by atoms with Crippen molar-refractivity contribution in [3.8, 4) is 0 Å². The van der Waals surface area contributed by atoms with E-state index in [-0.39, 0.29) is 0 Å². The van der Waals surface area contributed by atoms with Crippen LogP contribution in [0.1, 0.15) is 231 Å². The van der Waals surface area contributed by atoms with E-state index in [1.54, 1.807) is 0 Å². The molecule has 0 bridgehead atoms. The van der Waals surface area contributed by atoms with Crippen LogP contribution in [0.25, 0.3) is 0 Å². The van der Waals surface area contributed by atoms with Gasteiger partial charge in [0.05, 0.1) is 0 Å². The summed E-state index contributed by atoms with van der Waals surface area (Å²) in [5, 5.41) is 16.5. The molecule has 8 heteroatoms. The highest BCUT2D eigenvalue weighted by atomic mass is 15.3. The van der Waals surface area contributed by atoms with E-state index in [1.165, 1.54) is 270 Å². The number of fused-ring (bicyclic) bond motifs is 6.